The van der Waals surface area contributed by atoms with Gasteiger partial charge in [-0.1, -0.05) is 29.8 Å². The van der Waals surface area contributed by atoms with Crippen LogP contribution in [0.5, 0.6) is 0 Å². The highest BCUT2D eigenvalue weighted by molar-refractivity contribution is 8.25. The highest BCUT2D eigenvalue weighted by atomic mass is 35.5. The number of rotatable bonds is 3. The Bertz CT molecular complexity index is 576. The Morgan fingerprint density at radius 1 is 1.26 bits per heavy atom. The van der Waals surface area contributed by atoms with Crippen molar-refractivity contribution in [3.05, 3.63) is 50.7 Å². The monoisotopic (exact) mass is 307 g/mol. The van der Waals surface area contributed by atoms with Crippen LogP contribution in [0.1, 0.15) is 5.56 Å². The molecule has 0 atom stereocenters. The molecule has 1 saturated heterocycles. The van der Waals surface area contributed by atoms with E-state index in [1.165, 1.54) is 6.08 Å². The topological polar surface area (TPSA) is 40.9 Å². The largest absolute Gasteiger partial charge is 0.288 e. The molecule has 0 radical (unpaired) electrons. The fraction of sp³-hybridized carbons (Fsp3) is 0.143. The molecule has 96 valence electrons. The van der Waals surface area contributed by atoms with E-state index >= 15 is 0 Å². The molecule has 0 aliphatic carbocycles. The van der Waals surface area contributed by atoms with Crippen molar-refractivity contribution in [2.45, 2.75) is 0 Å². The van der Waals surface area contributed by atoms with E-state index in [9.17, 15) is 4.79 Å². The molecule has 1 fully saturated rings. The van der Waals surface area contributed by atoms with Crippen molar-refractivity contribution >= 4 is 47.0 Å². The number of carbonyl (C=O) groups is 1. The molecule has 0 unspecified atom stereocenters. The van der Waals surface area contributed by atoms with Gasteiger partial charge in [0.05, 0.1) is 4.24 Å². The molecule has 1 aliphatic rings. The molecule has 1 aromatic rings. The third-order valence-electron chi connectivity index (χ3n) is 2.41. The van der Waals surface area contributed by atoms with Gasteiger partial charge in [0.1, 0.15) is 11.6 Å². The lowest BCUT2D eigenvalue weighted by Gasteiger charge is -1.97. The summed E-state index contributed by atoms with van der Waals surface area (Å²) in [6.45, 7) is 0. The second kappa shape index (κ2) is 6.85. The molecular weight excluding hydrogens is 298 g/mol. The second-order valence-electron chi connectivity index (χ2n) is 3.72. The predicted molar refractivity (Wildman–Crippen MR) is 83.0 cm³/mol. The van der Waals surface area contributed by atoms with E-state index in [2.05, 4.69) is 0 Å². The van der Waals surface area contributed by atoms with Crippen molar-refractivity contribution in [1.29, 1.82) is 5.26 Å². The number of allylic oxidation sites excluding steroid dienone is 2. The average molecular weight is 308 g/mol. The lowest BCUT2D eigenvalue weighted by Crippen LogP contribution is -1.97. The van der Waals surface area contributed by atoms with Gasteiger partial charge in [-0.05, 0) is 23.8 Å². The van der Waals surface area contributed by atoms with Crippen LogP contribution in [0.15, 0.2) is 40.2 Å². The maximum absolute atomic E-state index is 12.0. The first-order chi connectivity index (χ1) is 9.20. The summed E-state index contributed by atoms with van der Waals surface area (Å²) in [7, 11) is 0. The van der Waals surface area contributed by atoms with Crippen LogP contribution >= 0.6 is 35.1 Å². The van der Waals surface area contributed by atoms with E-state index < -0.39 is 0 Å². The summed E-state index contributed by atoms with van der Waals surface area (Å²) in [5.41, 5.74) is 1.13. The minimum atomic E-state index is -0.241. The van der Waals surface area contributed by atoms with Gasteiger partial charge in [0, 0.05) is 16.5 Å². The Morgan fingerprint density at radius 3 is 2.47 bits per heavy atom. The lowest BCUT2D eigenvalue weighted by atomic mass is 10.1. The fourth-order valence-electron chi connectivity index (χ4n) is 1.49. The number of thioether (sulfide) groups is 2. The van der Waals surface area contributed by atoms with Gasteiger partial charge in [0.25, 0.3) is 0 Å². The van der Waals surface area contributed by atoms with Crippen LogP contribution in [0, 0.1) is 11.3 Å². The normalized spacial score (nSPS) is 14.6. The summed E-state index contributed by atoms with van der Waals surface area (Å²) in [4.78, 5) is 12.0. The minimum absolute atomic E-state index is 0.241. The standard InChI is InChI=1S/C14H10ClNOS2/c15-11-4-1-10(2-5-11)3-6-13(17)12(9-16)14-18-7-8-19-14/h1-6H,7-8H2/b6-3+. The molecule has 0 N–H and O–H groups in total. The maximum Gasteiger partial charge on any atom is 0.198 e. The predicted octanol–water partition coefficient (Wildman–Crippen LogP) is 4.14. The molecule has 0 aromatic heterocycles. The number of benzene rings is 1. The van der Waals surface area contributed by atoms with Crippen molar-refractivity contribution in [1.82, 2.24) is 0 Å². The van der Waals surface area contributed by atoms with E-state index in [0.717, 1.165) is 21.3 Å². The number of halogens is 1. The number of carbonyl (C=O) groups excluding carboxylic acids is 1. The number of hydrogen-bond donors (Lipinski definition) is 0. The molecule has 1 aromatic carbocycles. The minimum Gasteiger partial charge on any atom is -0.288 e. The first kappa shape index (κ1) is 14.3. The number of ketones is 1. The molecule has 1 aliphatic heterocycles. The van der Waals surface area contributed by atoms with Gasteiger partial charge in [0.15, 0.2) is 5.78 Å². The summed E-state index contributed by atoms with van der Waals surface area (Å²) < 4.78 is 0.841. The zero-order valence-electron chi connectivity index (χ0n) is 9.93. The third kappa shape index (κ3) is 3.90. The maximum atomic E-state index is 12.0. The van der Waals surface area contributed by atoms with Gasteiger partial charge in [-0.15, -0.1) is 23.5 Å². The lowest BCUT2D eigenvalue weighted by molar-refractivity contribution is -0.110. The van der Waals surface area contributed by atoms with E-state index in [0.29, 0.717) is 5.02 Å². The van der Waals surface area contributed by atoms with Gasteiger partial charge >= 0.3 is 0 Å². The van der Waals surface area contributed by atoms with Crippen molar-refractivity contribution < 1.29 is 4.79 Å². The Balaban J connectivity index is 2.14. The summed E-state index contributed by atoms with van der Waals surface area (Å²) >= 11 is 8.94. The first-order valence-corrected chi connectivity index (χ1v) is 7.93. The van der Waals surface area contributed by atoms with Gasteiger partial charge in [-0.3, -0.25) is 4.79 Å². The fourth-order valence-corrected chi connectivity index (χ4v) is 4.06. The Kier molecular flexibility index (Phi) is 5.15. The molecule has 1 heterocycles. The summed E-state index contributed by atoms with van der Waals surface area (Å²) in [5.74, 6) is 1.67. The van der Waals surface area contributed by atoms with E-state index in [1.54, 1.807) is 41.7 Å². The van der Waals surface area contributed by atoms with Gasteiger partial charge in [-0.2, -0.15) is 5.26 Å². The number of nitriles is 1. The quantitative estimate of drug-likeness (QED) is 0.621. The first-order valence-electron chi connectivity index (χ1n) is 5.58. The van der Waals surface area contributed by atoms with Crippen LogP contribution < -0.4 is 0 Å². The molecule has 0 amide bonds. The van der Waals surface area contributed by atoms with E-state index in [1.807, 2.05) is 18.2 Å². The van der Waals surface area contributed by atoms with Crippen molar-refractivity contribution in [2.24, 2.45) is 0 Å². The van der Waals surface area contributed by atoms with Crippen LogP contribution in [0.4, 0.5) is 0 Å². The summed E-state index contributed by atoms with van der Waals surface area (Å²) in [6, 6.07) is 9.18. The summed E-state index contributed by atoms with van der Waals surface area (Å²) in [5, 5.41) is 9.74. The molecule has 2 nitrogen and oxygen atoms in total. The highest BCUT2D eigenvalue weighted by Crippen LogP contribution is 2.38. The Hall–Kier alpha value is -1.15. The molecule has 5 heteroatoms. The second-order valence-corrected chi connectivity index (χ2v) is 6.63. The smallest absolute Gasteiger partial charge is 0.198 e. The van der Waals surface area contributed by atoms with Crippen molar-refractivity contribution in [3.8, 4) is 6.07 Å². The molecule has 0 bridgehead atoms. The van der Waals surface area contributed by atoms with Crippen LogP contribution in [-0.4, -0.2) is 17.3 Å². The van der Waals surface area contributed by atoms with Gasteiger partial charge in [0.2, 0.25) is 0 Å². The van der Waals surface area contributed by atoms with Crippen LogP contribution in [-0.2, 0) is 4.79 Å². The van der Waals surface area contributed by atoms with Crippen LogP contribution in [0.3, 0.4) is 0 Å². The summed E-state index contributed by atoms with van der Waals surface area (Å²) in [6.07, 6.45) is 3.13. The molecule has 19 heavy (non-hydrogen) atoms. The van der Waals surface area contributed by atoms with Crippen molar-refractivity contribution in [2.75, 3.05) is 11.5 Å². The van der Waals surface area contributed by atoms with Gasteiger partial charge < -0.3 is 0 Å². The van der Waals surface area contributed by atoms with E-state index in [4.69, 9.17) is 16.9 Å². The van der Waals surface area contributed by atoms with E-state index in [-0.39, 0.29) is 11.4 Å². The third-order valence-corrected chi connectivity index (χ3v) is 5.38. The van der Waals surface area contributed by atoms with Crippen molar-refractivity contribution in [3.63, 3.8) is 0 Å². The number of nitrogens with zero attached hydrogens (tertiary/aromatic N) is 1. The zero-order chi connectivity index (χ0) is 13.7. The highest BCUT2D eigenvalue weighted by Gasteiger charge is 2.18. The van der Waals surface area contributed by atoms with Gasteiger partial charge in [-0.25, -0.2) is 0 Å². The molecule has 0 saturated carbocycles. The Labute approximate surface area is 125 Å². The Morgan fingerprint density at radius 2 is 1.89 bits per heavy atom. The zero-order valence-corrected chi connectivity index (χ0v) is 12.3. The van der Waals surface area contributed by atoms with Crippen LogP contribution in [0.25, 0.3) is 6.08 Å². The molecule has 2 rings (SSSR count). The van der Waals surface area contributed by atoms with Crippen LogP contribution in [0.2, 0.25) is 5.02 Å². The molecular formula is C14H10ClNOS2. The number of hydrogen-bond acceptors (Lipinski definition) is 4. The SMILES string of the molecule is N#CC(C(=O)/C=C/c1ccc(Cl)cc1)=C1SCCS1. The molecule has 0 spiro atoms. The average Bonchev–Trinajstić information content (AvgIpc) is 2.93.